The summed E-state index contributed by atoms with van der Waals surface area (Å²) < 4.78 is 11.9. The van der Waals surface area contributed by atoms with E-state index in [1.54, 1.807) is 26.4 Å². The molecule has 0 N–H and O–H groups in total. The van der Waals surface area contributed by atoms with Crippen molar-refractivity contribution in [1.82, 2.24) is 19.8 Å². The first-order valence-corrected chi connectivity index (χ1v) is 7.43. The van der Waals surface area contributed by atoms with Gasteiger partial charge in [-0.1, -0.05) is 17.4 Å². The Morgan fingerprint density at radius 3 is 2.82 bits per heavy atom. The molecule has 2 heterocycles. The minimum Gasteiger partial charge on any atom is -0.497 e. The number of hydrogen-bond donors (Lipinski definition) is 0. The molecule has 0 bridgehead atoms. The molecule has 0 aliphatic carbocycles. The molecule has 7 nitrogen and oxygen atoms in total. The number of aromatic nitrogens is 4. The lowest BCUT2D eigenvalue weighted by Gasteiger charge is -2.09. The number of halogens is 1. The van der Waals surface area contributed by atoms with Crippen molar-refractivity contribution in [2.45, 2.75) is 6.42 Å². The van der Waals surface area contributed by atoms with Crippen molar-refractivity contribution < 1.29 is 9.47 Å². The Kier molecular flexibility index (Phi) is 3.95. The molecular weight excluding hydrogens is 328 g/mol. The van der Waals surface area contributed by atoms with Crippen molar-refractivity contribution in [2.75, 3.05) is 14.2 Å². The summed E-state index contributed by atoms with van der Waals surface area (Å²) in [4.78, 5) is 12.7. The summed E-state index contributed by atoms with van der Waals surface area (Å²) in [7, 11) is 3.13. The van der Waals surface area contributed by atoms with Crippen LogP contribution in [0.4, 0.5) is 0 Å². The smallest absolute Gasteiger partial charge is 0.297 e. The summed E-state index contributed by atoms with van der Waals surface area (Å²) in [5.74, 6) is 1.28. The number of rotatable bonds is 4. The fourth-order valence-electron chi connectivity index (χ4n) is 2.01. The number of methoxy groups -OCH3 is 2. The molecule has 9 heteroatoms. The zero-order chi connectivity index (χ0) is 15.7. The van der Waals surface area contributed by atoms with Crippen molar-refractivity contribution in [3.63, 3.8) is 0 Å². The van der Waals surface area contributed by atoms with E-state index in [-0.39, 0.29) is 22.1 Å². The van der Waals surface area contributed by atoms with Gasteiger partial charge in [0.1, 0.15) is 17.2 Å². The number of ether oxygens (including phenoxy) is 2. The van der Waals surface area contributed by atoms with Gasteiger partial charge in [0.2, 0.25) is 9.43 Å². The summed E-state index contributed by atoms with van der Waals surface area (Å²) in [5, 5.41) is 11.9. The zero-order valence-electron chi connectivity index (χ0n) is 11.7. The minimum atomic E-state index is -0.342. The highest BCUT2D eigenvalue weighted by molar-refractivity contribution is 7.20. The van der Waals surface area contributed by atoms with Crippen LogP contribution >= 0.6 is 22.9 Å². The summed E-state index contributed by atoms with van der Waals surface area (Å²) in [6.07, 6.45) is 0.275. The van der Waals surface area contributed by atoms with Crippen LogP contribution in [0.1, 0.15) is 11.3 Å². The molecule has 0 saturated heterocycles. The van der Waals surface area contributed by atoms with E-state index >= 15 is 0 Å². The Morgan fingerprint density at radius 2 is 2.09 bits per heavy atom. The maximum Gasteiger partial charge on any atom is 0.297 e. The van der Waals surface area contributed by atoms with E-state index in [0.717, 1.165) is 21.4 Å². The molecular formula is C13H11ClN4O3S. The Bertz CT molecular complexity index is 893. The highest BCUT2D eigenvalue weighted by atomic mass is 35.5. The van der Waals surface area contributed by atoms with Gasteiger partial charge in [0.05, 0.1) is 14.2 Å². The maximum absolute atomic E-state index is 12.3. The molecule has 0 spiro atoms. The summed E-state index contributed by atoms with van der Waals surface area (Å²) in [5.41, 5.74) is 0.727. The van der Waals surface area contributed by atoms with E-state index in [2.05, 4.69) is 15.3 Å². The second kappa shape index (κ2) is 5.90. The van der Waals surface area contributed by atoms with Crippen molar-refractivity contribution in [3.05, 3.63) is 44.3 Å². The molecule has 1 aromatic carbocycles. The Labute approximate surface area is 134 Å². The number of nitrogens with zero attached hydrogens (tertiary/aromatic N) is 4. The van der Waals surface area contributed by atoms with Crippen molar-refractivity contribution in [3.8, 4) is 11.5 Å². The molecule has 3 rings (SSSR count). The van der Waals surface area contributed by atoms with Gasteiger partial charge in [0.15, 0.2) is 0 Å². The predicted octanol–water partition coefficient (Wildman–Crippen LogP) is 1.81. The minimum absolute atomic E-state index is 0.241. The van der Waals surface area contributed by atoms with E-state index in [4.69, 9.17) is 21.1 Å². The third kappa shape index (κ3) is 2.62. The standard InChI is InChI=1S/C13H11ClN4O3S/c1-20-8-4-3-7(10(6-8)21-2)5-9-11(19)18-13(16-15-9)22-12(14)17-18/h3-4,6H,5H2,1-2H3. The fourth-order valence-corrected chi connectivity index (χ4v) is 2.86. The van der Waals surface area contributed by atoms with Crippen LogP contribution in [-0.2, 0) is 6.42 Å². The molecule has 2 aromatic heterocycles. The molecule has 0 radical (unpaired) electrons. The molecule has 0 aliphatic heterocycles. The lowest BCUT2D eigenvalue weighted by atomic mass is 10.1. The first-order valence-electron chi connectivity index (χ1n) is 6.24. The molecule has 0 unspecified atom stereocenters. The molecule has 3 aromatic rings. The van der Waals surface area contributed by atoms with Crippen LogP contribution in [-0.4, -0.2) is 34.0 Å². The van der Waals surface area contributed by atoms with Crippen LogP contribution in [0.2, 0.25) is 4.47 Å². The highest BCUT2D eigenvalue weighted by Gasteiger charge is 2.14. The van der Waals surface area contributed by atoms with E-state index in [1.807, 2.05) is 6.07 Å². The first-order chi connectivity index (χ1) is 10.6. The Morgan fingerprint density at radius 1 is 1.27 bits per heavy atom. The summed E-state index contributed by atoms with van der Waals surface area (Å²) >= 11 is 6.89. The lowest BCUT2D eigenvalue weighted by molar-refractivity contribution is 0.391. The van der Waals surface area contributed by atoms with Gasteiger partial charge in [-0.25, -0.2) is 0 Å². The van der Waals surface area contributed by atoms with Gasteiger partial charge in [-0.15, -0.1) is 15.3 Å². The number of hydrogen-bond acceptors (Lipinski definition) is 7. The second-order valence-corrected chi connectivity index (χ2v) is 5.89. The van der Waals surface area contributed by atoms with Crippen LogP contribution in [0.5, 0.6) is 11.5 Å². The van der Waals surface area contributed by atoms with Crippen LogP contribution in [0.25, 0.3) is 4.96 Å². The number of fused-ring (bicyclic) bond motifs is 1. The van der Waals surface area contributed by atoms with Crippen LogP contribution in [0.3, 0.4) is 0 Å². The van der Waals surface area contributed by atoms with Gasteiger partial charge in [-0.3, -0.25) is 4.79 Å². The average Bonchev–Trinajstić information content (AvgIpc) is 2.91. The van der Waals surface area contributed by atoms with Gasteiger partial charge in [-0.05, 0) is 17.7 Å². The Balaban J connectivity index is 2.03. The average molecular weight is 339 g/mol. The molecule has 114 valence electrons. The first kappa shape index (κ1) is 14.7. The topological polar surface area (TPSA) is 78.6 Å². The fraction of sp³-hybridized carbons (Fsp3) is 0.231. The van der Waals surface area contributed by atoms with Crippen LogP contribution in [0.15, 0.2) is 23.0 Å². The van der Waals surface area contributed by atoms with Crippen molar-refractivity contribution in [2.24, 2.45) is 0 Å². The lowest BCUT2D eigenvalue weighted by Crippen LogP contribution is -2.22. The largest absolute Gasteiger partial charge is 0.497 e. The van der Waals surface area contributed by atoms with E-state index in [1.165, 1.54) is 0 Å². The van der Waals surface area contributed by atoms with Gasteiger partial charge < -0.3 is 9.47 Å². The quantitative estimate of drug-likeness (QED) is 0.722. The van der Waals surface area contributed by atoms with E-state index in [0.29, 0.717) is 16.5 Å². The van der Waals surface area contributed by atoms with Gasteiger partial charge in [-0.2, -0.15) is 4.52 Å². The predicted molar refractivity (Wildman–Crippen MR) is 82.3 cm³/mol. The second-order valence-electron chi connectivity index (χ2n) is 4.36. The normalized spacial score (nSPS) is 10.9. The summed E-state index contributed by atoms with van der Waals surface area (Å²) in [6, 6.07) is 5.36. The molecule has 0 amide bonds. The van der Waals surface area contributed by atoms with Gasteiger partial charge >= 0.3 is 0 Å². The van der Waals surface area contributed by atoms with Crippen molar-refractivity contribution >= 4 is 27.9 Å². The summed E-state index contributed by atoms with van der Waals surface area (Å²) in [6.45, 7) is 0. The van der Waals surface area contributed by atoms with Gasteiger partial charge in [0, 0.05) is 18.1 Å². The van der Waals surface area contributed by atoms with Gasteiger partial charge in [0.25, 0.3) is 5.56 Å². The number of benzene rings is 1. The molecule has 0 aliphatic rings. The monoisotopic (exact) mass is 338 g/mol. The third-order valence-electron chi connectivity index (χ3n) is 3.08. The molecule has 0 atom stereocenters. The van der Waals surface area contributed by atoms with E-state index in [9.17, 15) is 4.79 Å². The van der Waals surface area contributed by atoms with Crippen LogP contribution in [0, 0.1) is 0 Å². The zero-order valence-corrected chi connectivity index (χ0v) is 13.3. The SMILES string of the molecule is COc1ccc(Cc2nnc3sc(Cl)nn3c2=O)c(OC)c1. The van der Waals surface area contributed by atoms with Crippen molar-refractivity contribution in [1.29, 1.82) is 0 Å². The maximum atomic E-state index is 12.3. The molecule has 0 fully saturated rings. The highest BCUT2D eigenvalue weighted by Crippen LogP contribution is 2.25. The molecule has 0 saturated carbocycles. The van der Waals surface area contributed by atoms with Crippen LogP contribution < -0.4 is 15.0 Å². The molecule has 22 heavy (non-hydrogen) atoms. The van der Waals surface area contributed by atoms with E-state index < -0.39 is 0 Å². The Hall–Kier alpha value is -2.19. The third-order valence-corrected chi connectivity index (χ3v) is 4.08.